The van der Waals surface area contributed by atoms with E-state index in [0.29, 0.717) is 30.9 Å². The quantitative estimate of drug-likeness (QED) is 0.493. The molecule has 0 bridgehead atoms. The molecule has 0 aliphatic carbocycles. The molecule has 1 aromatic carbocycles. The molecule has 9 nitrogen and oxygen atoms in total. The lowest BCUT2D eigenvalue weighted by Crippen LogP contribution is -2.48. The first kappa shape index (κ1) is 20.3. The van der Waals surface area contributed by atoms with Crippen molar-refractivity contribution in [2.75, 3.05) is 13.2 Å². The van der Waals surface area contributed by atoms with Gasteiger partial charge in [0.25, 0.3) is 5.91 Å². The summed E-state index contributed by atoms with van der Waals surface area (Å²) in [7, 11) is 0. The third-order valence-electron chi connectivity index (χ3n) is 5.56. The van der Waals surface area contributed by atoms with E-state index in [1.807, 2.05) is 16.7 Å². The highest BCUT2D eigenvalue weighted by molar-refractivity contribution is 6.07. The number of hydrogen-bond donors (Lipinski definition) is 2. The first-order chi connectivity index (χ1) is 15.6. The van der Waals surface area contributed by atoms with Crippen LogP contribution in [0.15, 0.2) is 55.4 Å². The van der Waals surface area contributed by atoms with Crippen molar-refractivity contribution in [3.8, 4) is 5.82 Å². The molecule has 1 aliphatic rings. The van der Waals surface area contributed by atoms with Crippen LogP contribution >= 0.6 is 0 Å². The highest BCUT2D eigenvalue weighted by Gasteiger charge is 2.27. The van der Waals surface area contributed by atoms with Crippen LogP contribution in [0.1, 0.15) is 22.3 Å². The second-order valence-electron chi connectivity index (χ2n) is 7.68. The summed E-state index contributed by atoms with van der Waals surface area (Å²) in [6.45, 7) is 1.02. The number of pyridine rings is 1. The van der Waals surface area contributed by atoms with Gasteiger partial charge in [-0.3, -0.25) is 4.79 Å². The predicted octanol–water partition coefficient (Wildman–Crippen LogP) is 1.68. The van der Waals surface area contributed by atoms with Crippen molar-refractivity contribution in [1.82, 2.24) is 29.6 Å². The van der Waals surface area contributed by atoms with Crippen LogP contribution in [-0.4, -0.2) is 60.7 Å². The van der Waals surface area contributed by atoms with Gasteiger partial charge in [0, 0.05) is 30.9 Å². The average molecular weight is 436 g/mol. The Morgan fingerprint density at radius 1 is 1.31 bits per heavy atom. The number of nitrogens with one attached hydrogen (secondary N) is 1. The fraction of sp³-hybridized carbons (Fsp3) is 0.273. The number of carbonyl (C=O) groups is 1. The highest BCUT2D eigenvalue weighted by Crippen LogP contribution is 2.26. The number of benzene rings is 1. The molecular formula is C22H21FN6O3. The molecule has 3 aromatic heterocycles. The molecule has 5 rings (SSSR count). The third kappa shape index (κ3) is 3.85. The summed E-state index contributed by atoms with van der Waals surface area (Å²) < 4.78 is 23.3. The summed E-state index contributed by atoms with van der Waals surface area (Å²) in [6, 6.07) is 8.00. The van der Waals surface area contributed by atoms with Gasteiger partial charge in [-0.1, -0.05) is 12.1 Å². The minimum absolute atomic E-state index is 0.165. The number of amides is 1. The zero-order valence-corrected chi connectivity index (χ0v) is 17.1. The molecule has 1 amide bonds. The van der Waals surface area contributed by atoms with E-state index in [0.717, 1.165) is 5.56 Å². The molecular weight excluding hydrogens is 415 g/mol. The molecule has 1 aliphatic heterocycles. The number of aliphatic hydroxyl groups excluding tert-OH is 1. The Balaban J connectivity index is 1.44. The summed E-state index contributed by atoms with van der Waals surface area (Å²) in [5.41, 5.74) is 1.70. The fourth-order valence-corrected chi connectivity index (χ4v) is 3.92. The van der Waals surface area contributed by atoms with Crippen molar-refractivity contribution in [1.29, 1.82) is 0 Å². The summed E-state index contributed by atoms with van der Waals surface area (Å²) in [5, 5.41) is 17.2. The maximum Gasteiger partial charge on any atom is 0.253 e. The van der Waals surface area contributed by atoms with Gasteiger partial charge < -0.3 is 19.7 Å². The minimum Gasteiger partial charge on any atom is -0.389 e. The maximum absolute atomic E-state index is 14.7. The van der Waals surface area contributed by atoms with Crippen molar-refractivity contribution >= 4 is 16.8 Å². The molecule has 4 aromatic rings. The number of carbonyl (C=O) groups excluding carboxylic acids is 1. The van der Waals surface area contributed by atoms with E-state index >= 15 is 0 Å². The van der Waals surface area contributed by atoms with Crippen molar-refractivity contribution in [2.24, 2.45) is 0 Å². The zero-order chi connectivity index (χ0) is 22.1. The molecule has 0 spiro atoms. The number of fused-ring (bicyclic) bond motifs is 1. The number of aromatic nitrogens is 5. The van der Waals surface area contributed by atoms with Crippen LogP contribution in [-0.2, 0) is 11.3 Å². The molecule has 2 unspecified atom stereocenters. The Morgan fingerprint density at radius 2 is 2.22 bits per heavy atom. The van der Waals surface area contributed by atoms with E-state index in [2.05, 4.69) is 20.4 Å². The van der Waals surface area contributed by atoms with Gasteiger partial charge in [-0.25, -0.2) is 19.0 Å². The van der Waals surface area contributed by atoms with E-state index < -0.39 is 23.9 Å². The smallest absolute Gasteiger partial charge is 0.253 e. The molecule has 32 heavy (non-hydrogen) atoms. The number of halogens is 1. The highest BCUT2D eigenvalue weighted by atomic mass is 19.1. The van der Waals surface area contributed by atoms with Crippen LogP contribution in [0.2, 0.25) is 0 Å². The van der Waals surface area contributed by atoms with Gasteiger partial charge in [-0.05, 0) is 30.2 Å². The maximum atomic E-state index is 14.7. The van der Waals surface area contributed by atoms with E-state index in [4.69, 9.17) is 4.74 Å². The van der Waals surface area contributed by atoms with Gasteiger partial charge in [0.1, 0.15) is 18.5 Å². The van der Waals surface area contributed by atoms with E-state index in [9.17, 15) is 14.3 Å². The van der Waals surface area contributed by atoms with Gasteiger partial charge in [0.15, 0.2) is 5.82 Å². The Labute approximate surface area is 182 Å². The number of ether oxygens (including phenoxy) is 1. The molecule has 1 saturated heterocycles. The van der Waals surface area contributed by atoms with Crippen LogP contribution in [0.3, 0.4) is 0 Å². The Bertz CT molecular complexity index is 1240. The van der Waals surface area contributed by atoms with Crippen LogP contribution in [0.5, 0.6) is 0 Å². The average Bonchev–Trinajstić information content (AvgIpc) is 3.46. The van der Waals surface area contributed by atoms with Gasteiger partial charge in [0.2, 0.25) is 0 Å². The fourth-order valence-electron chi connectivity index (χ4n) is 3.92. The molecule has 1 fully saturated rings. The molecule has 4 heterocycles. The Hall–Kier alpha value is -3.63. The third-order valence-corrected chi connectivity index (χ3v) is 5.56. The molecule has 0 radical (unpaired) electrons. The Morgan fingerprint density at radius 3 is 2.97 bits per heavy atom. The predicted molar refractivity (Wildman–Crippen MR) is 113 cm³/mol. The van der Waals surface area contributed by atoms with Gasteiger partial charge in [-0.15, -0.1) is 0 Å². The standard InChI is InChI=1S/C22H21FN6O3/c23-16-2-1-3-18-21(16)15(22(31)27-17-6-7-32-11-19(17)30)10-28(18)9-14-4-5-20(25-8-14)29-13-24-12-26-29/h1-5,8,10,12-13,17,19,30H,6-7,9,11H2,(H,27,31). The van der Waals surface area contributed by atoms with Crippen molar-refractivity contribution < 1.29 is 19.0 Å². The molecule has 0 saturated carbocycles. The summed E-state index contributed by atoms with van der Waals surface area (Å²) >= 11 is 0. The molecule has 2 atom stereocenters. The molecule has 2 N–H and O–H groups in total. The van der Waals surface area contributed by atoms with Crippen LogP contribution in [0.25, 0.3) is 16.7 Å². The summed E-state index contributed by atoms with van der Waals surface area (Å²) in [5.74, 6) is -0.271. The van der Waals surface area contributed by atoms with Crippen molar-refractivity contribution in [3.63, 3.8) is 0 Å². The second-order valence-corrected chi connectivity index (χ2v) is 7.68. The van der Waals surface area contributed by atoms with Gasteiger partial charge in [-0.2, -0.15) is 5.10 Å². The largest absolute Gasteiger partial charge is 0.389 e. The van der Waals surface area contributed by atoms with E-state index in [-0.39, 0.29) is 17.6 Å². The van der Waals surface area contributed by atoms with E-state index in [1.54, 1.807) is 35.5 Å². The monoisotopic (exact) mass is 436 g/mol. The van der Waals surface area contributed by atoms with Gasteiger partial charge >= 0.3 is 0 Å². The lowest BCUT2D eigenvalue weighted by Gasteiger charge is -2.28. The number of rotatable bonds is 5. The number of hydrogen-bond acceptors (Lipinski definition) is 6. The summed E-state index contributed by atoms with van der Waals surface area (Å²) in [4.78, 5) is 21.3. The van der Waals surface area contributed by atoms with Crippen molar-refractivity contribution in [3.05, 3.63) is 72.3 Å². The minimum atomic E-state index is -0.791. The normalized spacial score (nSPS) is 18.7. The zero-order valence-electron chi connectivity index (χ0n) is 17.1. The first-order valence-corrected chi connectivity index (χ1v) is 10.2. The SMILES string of the molecule is O=C(NC1CCOCC1O)c1cn(Cc2ccc(-n3cncn3)nc2)c2cccc(F)c12. The lowest BCUT2D eigenvalue weighted by molar-refractivity contribution is -0.0260. The lowest BCUT2D eigenvalue weighted by atomic mass is 10.1. The topological polar surface area (TPSA) is 107 Å². The van der Waals surface area contributed by atoms with Gasteiger partial charge in [0.05, 0.1) is 29.8 Å². The summed E-state index contributed by atoms with van der Waals surface area (Å²) in [6.07, 6.45) is 6.05. The van der Waals surface area contributed by atoms with Crippen LogP contribution in [0.4, 0.5) is 4.39 Å². The number of aliphatic hydroxyl groups is 1. The second kappa shape index (κ2) is 8.48. The van der Waals surface area contributed by atoms with Crippen LogP contribution < -0.4 is 5.32 Å². The first-order valence-electron chi connectivity index (χ1n) is 10.2. The van der Waals surface area contributed by atoms with Crippen molar-refractivity contribution in [2.45, 2.75) is 25.1 Å². The Kier molecular flexibility index (Phi) is 5.38. The number of nitrogens with zero attached hydrogens (tertiary/aromatic N) is 5. The van der Waals surface area contributed by atoms with E-state index in [1.165, 1.54) is 12.4 Å². The molecule has 10 heteroatoms. The van der Waals surface area contributed by atoms with Crippen LogP contribution in [0, 0.1) is 5.82 Å². The molecule has 164 valence electrons.